The fraction of sp³-hybridized carbons (Fsp3) is 0.263. The molecule has 0 unspecified atom stereocenters. The zero-order chi connectivity index (χ0) is 15.9. The molecule has 0 atom stereocenters. The molecule has 0 aliphatic carbocycles. The summed E-state index contributed by atoms with van der Waals surface area (Å²) in [6.07, 6.45) is 0. The minimum Gasteiger partial charge on any atom is -0.497 e. The third kappa shape index (κ3) is 2.66. The zero-order valence-corrected chi connectivity index (χ0v) is 14.8. The fourth-order valence-corrected chi connectivity index (χ4v) is 3.10. The van der Waals surface area contributed by atoms with Crippen LogP contribution in [0.3, 0.4) is 0 Å². The lowest BCUT2D eigenvalue weighted by Gasteiger charge is -2.18. The Morgan fingerprint density at radius 3 is 2.27 bits per heavy atom. The Morgan fingerprint density at radius 1 is 1.00 bits per heavy atom. The van der Waals surface area contributed by atoms with Crippen LogP contribution < -0.4 is 4.74 Å². The molecule has 0 amide bonds. The summed E-state index contributed by atoms with van der Waals surface area (Å²) in [5, 5.41) is 1.02. The van der Waals surface area contributed by atoms with Crippen LogP contribution in [-0.2, 0) is 5.41 Å². The maximum Gasteiger partial charge on any atom is 0.149 e. The Balaban J connectivity index is 2.08. The molecule has 0 N–H and O–H groups in total. The van der Waals surface area contributed by atoms with Gasteiger partial charge in [-0.15, -0.1) is 0 Å². The van der Waals surface area contributed by atoms with Crippen LogP contribution in [0.2, 0.25) is 0 Å². The van der Waals surface area contributed by atoms with Crippen molar-refractivity contribution >= 4 is 26.9 Å². The highest BCUT2D eigenvalue weighted by Crippen LogP contribution is 2.39. The van der Waals surface area contributed by atoms with Crippen LogP contribution >= 0.6 is 15.9 Å². The number of ether oxygens (including phenoxy) is 1. The van der Waals surface area contributed by atoms with Crippen LogP contribution in [0.1, 0.15) is 26.3 Å². The van der Waals surface area contributed by atoms with E-state index in [1.54, 1.807) is 7.11 Å². The van der Waals surface area contributed by atoms with Gasteiger partial charge in [0, 0.05) is 10.9 Å². The molecular weight excluding hydrogens is 340 g/mol. The van der Waals surface area contributed by atoms with Crippen molar-refractivity contribution in [3.8, 4) is 17.1 Å². The highest BCUT2D eigenvalue weighted by Gasteiger charge is 2.17. The van der Waals surface area contributed by atoms with Gasteiger partial charge in [-0.05, 0) is 45.1 Å². The number of fused-ring (bicyclic) bond motifs is 1. The lowest BCUT2D eigenvalue weighted by atomic mass is 9.86. The van der Waals surface area contributed by atoms with Gasteiger partial charge in [-0.1, -0.05) is 45.0 Å². The molecule has 0 saturated carbocycles. The molecule has 0 aliphatic heterocycles. The molecule has 114 valence electrons. The molecule has 3 aromatic rings. The molecule has 0 spiro atoms. The summed E-state index contributed by atoms with van der Waals surface area (Å²) in [4.78, 5) is 0. The van der Waals surface area contributed by atoms with Crippen LogP contribution in [0.4, 0.5) is 0 Å². The highest BCUT2D eigenvalue weighted by atomic mass is 79.9. The van der Waals surface area contributed by atoms with Crippen molar-refractivity contribution in [1.82, 2.24) is 0 Å². The Hall–Kier alpha value is -1.74. The largest absolute Gasteiger partial charge is 0.497 e. The minimum absolute atomic E-state index is 0.150. The summed E-state index contributed by atoms with van der Waals surface area (Å²) in [6, 6.07) is 14.4. The van der Waals surface area contributed by atoms with E-state index in [9.17, 15) is 0 Å². The van der Waals surface area contributed by atoms with Crippen molar-refractivity contribution < 1.29 is 9.15 Å². The molecule has 0 aliphatic rings. The van der Waals surface area contributed by atoms with Crippen LogP contribution in [0.25, 0.3) is 22.3 Å². The molecule has 1 aromatic heterocycles. The fourth-order valence-electron chi connectivity index (χ4n) is 2.48. The van der Waals surface area contributed by atoms with Crippen LogP contribution in [0.5, 0.6) is 5.75 Å². The summed E-state index contributed by atoms with van der Waals surface area (Å²) >= 11 is 3.66. The van der Waals surface area contributed by atoms with Crippen LogP contribution in [0.15, 0.2) is 51.4 Å². The molecule has 0 bridgehead atoms. The minimum atomic E-state index is 0.150. The molecule has 3 rings (SSSR count). The van der Waals surface area contributed by atoms with E-state index in [0.29, 0.717) is 0 Å². The van der Waals surface area contributed by atoms with Crippen molar-refractivity contribution in [3.63, 3.8) is 0 Å². The molecule has 2 nitrogen and oxygen atoms in total. The van der Waals surface area contributed by atoms with Gasteiger partial charge in [0.25, 0.3) is 0 Å². The molecule has 22 heavy (non-hydrogen) atoms. The first-order valence-electron chi connectivity index (χ1n) is 7.27. The quantitative estimate of drug-likeness (QED) is 0.546. The van der Waals surface area contributed by atoms with E-state index in [0.717, 1.165) is 32.5 Å². The van der Waals surface area contributed by atoms with Gasteiger partial charge in [0.1, 0.15) is 17.1 Å². The molecule has 3 heteroatoms. The second kappa shape index (κ2) is 5.47. The average molecular weight is 359 g/mol. The number of benzene rings is 2. The number of hydrogen-bond acceptors (Lipinski definition) is 2. The molecule has 1 heterocycles. The zero-order valence-electron chi connectivity index (χ0n) is 13.2. The number of methoxy groups -OCH3 is 1. The number of hydrogen-bond donors (Lipinski definition) is 0. The van der Waals surface area contributed by atoms with Gasteiger partial charge in [-0.25, -0.2) is 0 Å². The average Bonchev–Trinajstić information content (AvgIpc) is 2.83. The Labute approximate surface area is 139 Å². The number of halogens is 1. The van der Waals surface area contributed by atoms with E-state index in [1.165, 1.54) is 5.56 Å². The van der Waals surface area contributed by atoms with Crippen molar-refractivity contribution in [2.45, 2.75) is 26.2 Å². The van der Waals surface area contributed by atoms with Gasteiger partial charge in [0.2, 0.25) is 0 Å². The highest BCUT2D eigenvalue weighted by molar-refractivity contribution is 9.10. The topological polar surface area (TPSA) is 22.4 Å². The first-order valence-corrected chi connectivity index (χ1v) is 8.06. The van der Waals surface area contributed by atoms with Gasteiger partial charge in [-0.2, -0.15) is 0 Å². The normalized spacial score (nSPS) is 11.9. The van der Waals surface area contributed by atoms with E-state index < -0.39 is 0 Å². The summed E-state index contributed by atoms with van der Waals surface area (Å²) in [5.41, 5.74) is 3.37. The van der Waals surface area contributed by atoms with Gasteiger partial charge in [0.15, 0.2) is 0 Å². The van der Waals surface area contributed by atoms with Crippen LogP contribution in [-0.4, -0.2) is 7.11 Å². The monoisotopic (exact) mass is 358 g/mol. The number of furan rings is 1. The summed E-state index contributed by atoms with van der Waals surface area (Å²) in [6.45, 7) is 6.64. The van der Waals surface area contributed by atoms with E-state index in [1.807, 2.05) is 18.2 Å². The Kier molecular flexibility index (Phi) is 3.77. The first kappa shape index (κ1) is 15.2. The van der Waals surface area contributed by atoms with E-state index in [-0.39, 0.29) is 5.41 Å². The van der Waals surface area contributed by atoms with Gasteiger partial charge in [-0.3, -0.25) is 0 Å². The third-order valence-electron chi connectivity index (χ3n) is 3.85. The van der Waals surface area contributed by atoms with Gasteiger partial charge in [0.05, 0.1) is 11.6 Å². The second-order valence-corrected chi connectivity index (χ2v) is 7.23. The van der Waals surface area contributed by atoms with Crippen molar-refractivity contribution in [3.05, 3.63) is 52.5 Å². The van der Waals surface area contributed by atoms with Crippen molar-refractivity contribution in [2.75, 3.05) is 7.11 Å². The summed E-state index contributed by atoms with van der Waals surface area (Å²) in [5.74, 6) is 1.67. The first-order chi connectivity index (χ1) is 10.4. The Bertz CT molecular complexity index is 808. The predicted molar refractivity (Wildman–Crippen MR) is 94.6 cm³/mol. The van der Waals surface area contributed by atoms with E-state index in [4.69, 9.17) is 9.15 Å². The third-order valence-corrected chi connectivity index (χ3v) is 4.63. The predicted octanol–water partition coefficient (Wildman–Crippen LogP) is 6.17. The SMILES string of the molecule is COc1ccc2oc(-c3ccc(C(C)(C)C)cc3)c(Br)c2c1. The van der Waals surface area contributed by atoms with Gasteiger partial charge >= 0.3 is 0 Å². The molecule has 0 radical (unpaired) electrons. The summed E-state index contributed by atoms with van der Waals surface area (Å²) < 4.78 is 12.3. The van der Waals surface area contributed by atoms with Crippen LogP contribution in [0, 0.1) is 0 Å². The van der Waals surface area contributed by atoms with Crippen molar-refractivity contribution in [1.29, 1.82) is 0 Å². The maximum atomic E-state index is 6.01. The molecule has 0 saturated heterocycles. The standard InChI is InChI=1S/C19H19BrO2/c1-19(2,3)13-7-5-12(6-8-13)18-17(20)15-11-14(21-4)9-10-16(15)22-18/h5-11H,1-4H3. The van der Waals surface area contributed by atoms with E-state index >= 15 is 0 Å². The van der Waals surface area contributed by atoms with Crippen molar-refractivity contribution in [2.24, 2.45) is 0 Å². The van der Waals surface area contributed by atoms with E-state index in [2.05, 4.69) is 61.0 Å². The number of rotatable bonds is 2. The summed E-state index contributed by atoms with van der Waals surface area (Å²) in [7, 11) is 1.67. The van der Waals surface area contributed by atoms with Gasteiger partial charge < -0.3 is 9.15 Å². The second-order valence-electron chi connectivity index (χ2n) is 6.43. The lowest BCUT2D eigenvalue weighted by Crippen LogP contribution is -2.10. The lowest BCUT2D eigenvalue weighted by molar-refractivity contribution is 0.415. The molecular formula is C19H19BrO2. The molecule has 2 aromatic carbocycles. The molecule has 0 fully saturated rings. The Morgan fingerprint density at radius 2 is 1.68 bits per heavy atom. The maximum absolute atomic E-state index is 6.01. The smallest absolute Gasteiger partial charge is 0.149 e.